The zero-order chi connectivity index (χ0) is 11.3. The Kier molecular flexibility index (Phi) is 4.17. The number of alkyl carbamates (subject to hydrolysis) is 1. The van der Waals surface area contributed by atoms with E-state index in [1.54, 1.807) is 13.0 Å². The van der Waals surface area contributed by atoms with Gasteiger partial charge in [-0.15, -0.1) is 0 Å². The Balaban J connectivity index is 2.41. The van der Waals surface area contributed by atoms with Gasteiger partial charge in [0.25, 0.3) is 0 Å². The van der Waals surface area contributed by atoms with E-state index in [2.05, 4.69) is 10.1 Å². The fourth-order valence-corrected chi connectivity index (χ4v) is 1.11. The Morgan fingerprint density at radius 3 is 2.93 bits per heavy atom. The summed E-state index contributed by atoms with van der Waals surface area (Å²) in [6.45, 7) is 3.44. The Bertz CT molecular complexity index is 321. The first kappa shape index (κ1) is 11.6. The van der Waals surface area contributed by atoms with Crippen LogP contribution in [-0.4, -0.2) is 24.4 Å². The third kappa shape index (κ3) is 3.63. The molecule has 0 aromatic carbocycles. The summed E-state index contributed by atoms with van der Waals surface area (Å²) in [7, 11) is 0. The Morgan fingerprint density at radius 1 is 1.67 bits per heavy atom. The zero-order valence-electron chi connectivity index (χ0n) is 8.82. The van der Waals surface area contributed by atoms with Crippen molar-refractivity contribution >= 4 is 6.09 Å². The number of hydrogen-bond donors (Lipinski definition) is 2. The second-order valence-corrected chi connectivity index (χ2v) is 3.17. The maximum absolute atomic E-state index is 11.1. The van der Waals surface area contributed by atoms with Crippen LogP contribution in [0.25, 0.3) is 0 Å². The van der Waals surface area contributed by atoms with Crippen molar-refractivity contribution in [3.8, 4) is 0 Å². The van der Waals surface area contributed by atoms with E-state index in [1.165, 1.54) is 0 Å². The number of rotatable bonds is 4. The van der Waals surface area contributed by atoms with Crippen molar-refractivity contribution in [3.63, 3.8) is 0 Å². The largest absolute Gasteiger partial charge is 0.464 e. The van der Waals surface area contributed by atoms with Gasteiger partial charge in [0, 0.05) is 0 Å². The first-order valence-corrected chi connectivity index (χ1v) is 4.74. The molecule has 5 nitrogen and oxygen atoms in total. The minimum atomic E-state index is -0.564. The number of aliphatic hydroxyl groups excluding tert-OH is 1. The van der Waals surface area contributed by atoms with Gasteiger partial charge in [0.1, 0.15) is 18.1 Å². The normalized spacial score (nSPS) is 12.2. The number of aryl methyl sites for hydroxylation is 1. The van der Waals surface area contributed by atoms with Crippen molar-refractivity contribution in [2.45, 2.75) is 19.9 Å². The minimum absolute atomic E-state index is 0.00423. The van der Waals surface area contributed by atoms with Crippen molar-refractivity contribution in [2.75, 3.05) is 13.2 Å². The molecule has 0 saturated heterocycles. The van der Waals surface area contributed by atoms with Crippen LogP contribution < -0.4 is 5.32 Å². The molecule has 0 aliphatic rings. The van der Waals surface area contributed by atoms with Gasteiger partial charge in [0.05, 0.1) is 12.6 Å². The molecule has 84 valence electrons. The highest BCUT2D eigenvalue weighted by Gasteiger charge is 2.12. The quantitative estimate of drug-likeness (QED) is 0.792. The lowest BCUT2D eigenvalue weighted by Crippen LogP contribution is -2.27. The van der Waals surface area contributed by atoms with Gasteiger partial charge in [-0.2, -0.15) is 0 Å². The van der Waals surface area contributed by atoms with E-state index in [4.69, 9.17) is 9.52 Å². The lowest BCUT2D eigenvalue weighted by molar-refractivity contribution is 0.116. The highest BCUT2D eigenvalue weighted by Crippen LogP contribution is 2.15. The number of aliphatic hydroxyl groups is 1. The molecule has 0 aliphatic heterocycles. The van der Waals surface area contributed by atoms with Gasteiger partial charge in [-0.3, -0.25) is 0 Å². The molecule has 0 fully saturated rings. The van der Waals surface area contributed by atoms with E-state index < -0.39 is 6.09 Å². The highest BCUT2D eigenvalue weighted by atomic mass is 16.6. The summed E-state index contributed by atoms with van der Waals surface area (Å²) in [6, 6.07) is 3.38. The standard InChI is InChI=1S/C10H15NO4/c1-7-3-4-9(15-7)8(2)11-10(13)14-6-5-12/h3-4,8,12H,5-6H2,1-2H3,(H,11,13). The van der Waals surface area contributed by atoms with Gasteiger partial charge in [0.15, 0.2) is 0 Å². The van der Waals surface area contributed by atoms with Crippen LogP contribution in [-0.2, 0) is 4.74 Å². The molecule has 1 aromatic heterocycles. The van der Waals surface area contributed by atoms with Gasteiger partial charge in [-0.05, 0) is 26.0 Å². The van der Waals surface area contributed by atoms with Crippen LogP contribution in [0.15, 0.2) is 16.5 Å². The number of hydrogen-bond acceptors (Lipinski definition) is 4. The third-order valence-electron chi connectivity index (χ3n) is 1.85. The summed E-state index contributed by atoms with van der Waals surface area (Å²) in [4.78, 5) is 11.1. The van der Waals surface area contributed by atoms with Crippen LogP contribution in [0.4, 0.5) is 4.79 Å². The van der Waals surface area contributed by atoms with E-state index in [9.17, 15) is 4.79 Å². The van der Waals surface area contributed by atoms with Crippen molar-refractivity contribution in [2.24, 2.45) is 0 Å². The van der Waals surface area contributed by atoms with Crippen LogP contribution in [0.5, 0.6) is 0 Å². The Hall–Kier alpha value is -1.49. The van der Waals surface area contributed by atoms with E-state index in [1.807, 2.05) is 13.0 Å². The van der Waals surface area contributed by atoms with Gasteiger partial charge in [-0.1, -0.05) is 0 Å². The maximum Gasteiger partial charge on any atom is 0.407 e. The summed E-state index contributed by atoms with van der Waals surface area (Å²) in [6.07, 6.45) is -0.564. The SMILES string of the molecule is Cc1ccc(C(C)NC(=O)OCCO)o1. The number of nitrogens with one attached hydrogen (secondary N) is 1. The summed E-state index contributed by atoms with van der Waals surface area (Å²) in [5.74, 6) is 1.47. The highest BCUT2D eigenvalue weighted by molar-refractivity contribution is 5.67. The second-order valence-electron chi connectivity index (χ2n) is 3.17. The van der Waals surface area contributed by atoms with Crippen LogP contribution in [0.1, 0.15) is 24.5 Å². The average molecular weight is 213 g/mol. The number of carbonyl (C=O) groups is 1. The molecule has 1 unspecified atom stereocenters. The summed E-state index contributed by atoms with van der Waals surface area (Å²) in [5, 5.41) is 11.0. The fourth-order valence-electron chi connectivity index (χ4n) is 1.11. The molecule has 0 bridgehead atoms. The van der Waals surface area contributed by atoms with Crippen molar-refractivity contribution in [1.29, 1.82) is 0 Å². The Labute approximate surface area is 88.0 Å². The zero-order valence-corrected chi connectivity index (χ0v) is 8.82. The molecule has 1 amide bonds. The van der Waals surface area contributed by atoms with Gasteiger partial charge < -0.3 is 19.6 Å². The van der Waals surface area contributed by atoms with E-state index in [-0.39, 0.29) is 19.3 Å². The van der Waals surface area contributed by atoms with Crippen molar-refractivity contribution < 1.29 is 19.1 Å². The first-order valence-electron chi connectivity index (χ1n) is 4.74. The van der Waals surface area contributed by atoms with Crippen molar-refractivity contribution in [3.05, 3.63) is 23.7 Å². The number of carbonyl (C=O) groups excluding carboxylic acids is 1. The molecule has 1 rings (SSSR count). The topological polar surface area (TPSA) is 71.7 Å². The van der Waals surface area contributed by atoms with E-state index in [0.29, 0.717) is 5.76 Å². The molecular formula is C10H15NO4. The monoisotopic (exact) mass is 213 g/mol. The molecule has 5 heteroatoms. The predicted molar refractivity (Wildman–Crippen MR) is 53.4 cm³/mol. The molecule has 1 aromatic rings. The molecular weight excluding hydrogens is 198 g/mol. The first-order chi connectivity index (χ1) is 7.13. The fraction of sp³-hybridized carbons (Fsp3) is 0.500. The lowest BCUT2D eigenvalue weighted by Gasteiger charge is -2.11. The summed E-state index contributed by atoms with van der Waals surface area (Å²) in [5.41, 5.74) is 0. The smallest absolute Gasteiger partial charge is 0.407 e. The van der Waals surface area contributed by atoms with E-state index >= 15 is 0 Å². The second kappa shape index (κ2) is 5.41. The molecule has 0 radical (unpaired) electrons. The number of furan rings is 1. The molecule has 1 atom stereocenters. The number of amides is 1. The molecule has 0 aliphatic carbocycles. The summed E-state index contributed by atoms with van der Waals surface area (Å²) < 4.78 is 9.98. The third-order valence-corrected chi connectivity index (χ3v) is 1.85. The summed E-state index contributed by atoms with van der Waals surface area (Å²) >= 11 is 0. The Morgan fingerprint density at radius 2 is 2.40 bits per heavy atom. The van der Waals surface area contributed by atoms with Crippen molar-refractivity contribution in [1.82, 2.24) is 5.32 Å². The molecule has 1 heterocycles. The van der Waals surface area contributed by atoms with Gasteiger partial charge in [-0.25, -0.2) is 4.79 Å². The molecule has 2 N–H and O–H groups in total. The van der Waals surface area contributed by atoms with Crippen LogP contribution in [0.2, 0.25) is 0 Å². The molecule has 15 heavy (non-hydrogen) atoms. The minimum Gasteiger partial charge on any atom is -0.464 e. The van der Waals surface area contributed by atoms with E-state index in [0.717, 1.165) is 5.76 Å². The van der Waals surface area contributed by atoms with Gasteiger partial charge in [0.2, 0.25) is 0 Å². The van der Waals surface area contributed by atoms with Crippen LogP contribution in [0.3, 0.4) is 0 Å². The van der Waals surface area contributed by atoms with Crippen LogP contribution in [0, 0.1) is 6.92 Å². The predicted octanol–water partition coefficient (Wildman–Crippen LogP) is 1.37. The lowest BCUT2D eigenvalue weighted by atomic mass is 10.2. The van der Waals surface area contributed by atoms with Gasteiger partial charge >= 0.3 is 6.09 Å². The number of ether oxygens (including phenoxy) is 1. The average Bonchev–Trinajstić information content (AvgIpc) is 2.61. The van der Waals surface area contributed by atoms with Crippen LogP contribution >= 0.6 is 0 Å². The maximum atomic E-state index is 11.1. The molecule has 0 spiro atoms. The molecule has 0 saturated carbocycles.